The standard InChI is InChI=1S/C21H28N6O3S/c1-13-9-21(6-8-27(13)31(29,30)17-5-7-26(4)25-17)14-12-22-24-19(14)23-15-10-20(2,3)11-16(28)18(15)21/h5,7,13,23H,6,8-12H2,1-4H3/t13-,21+/m0/s1. The van der Waals surface area contributed by atoms with Crippen molar-refractivity contribution in [1.29, 1.82) is 0 Å². The summed E-state index contributed by atoms with van der Waals surface area (Å²) in [7, 11) is -2.01. The van der Waals surface area contributed by atoms with Crippen molar-refractivity contribution in [2.24, 2.45) is 28.1 Å². The lowest BCUT2D eigenvalue weighted by Gasteiger charge is -2.50. The Morgan fingerprint density at radius 1 is 1.26 bits per heavy atom. The molecule has 3 aliphatic heterocycles. The Morgan fingerprint density at radius 2 is 2.03 bits per heavy atom. The quantitative estimate of drug-likeness (QED) is 0.754. The van der Waals surface area contributed by atoms with Gasteiger partial charge in [0.2, 0.25) is 0 Å². The number of rotatable bonds is 2. The molecule has 10 heteroatoms. The molecule has 0 unspecified atom stereocenters. The summed E-state index contributed by atoms with van der Waals surface area (Å²) in [6.45, 7) is 6.91. The lowest BCUT2D eigenvalue weighted by atomic mass is 9.59. The summed E-state index contributed by atoms with van der Waals surface area (Å²) in [4.78, 5) is 13.4. The van der Waals surface area contributed by atoms with Gasteiger partial charge in [-0.15, -0.1) is 5.11 Å². The lowest BCUT2D eigenvalue weighted by Crippen LogP contribution is -2.53. The van der Waals surface area contributed by atoms with Crippen molar-refractivity contribution in [3.05, 3.63) is 34.9 Å². The zero-order chi connectivity index (χ0) is 22.2. The van der Waals surface area contributed by atoms with Crippen LogP contribution in [0.4, 0.5) is 0 Å². The Kier molecular flexibility index (Phi) is 4.37. The van der Waals surface area contributed by atoms with E-state index in [0.29, 0.717) is 32.4 Å². The van der Waals surface area contributed by atoms with Gasteiger partial charge in [-0.05, 0) is 37.7 Å². The van der Waals surface area contributed by atoms with E-state index < -0.39 is 15.4 Å². The van der Waals surface area contributed by atoms with Crippen molar-refractivity contribution >= 4 is 15.8 Å². The summed E-state index contributed by atoms with van der Waals surface area (Å²) in [5, 5.41) is 16.1. The van der Waals surface area contributed by atoms with E-state index in [1.165, 1.54) is 15.1 Å². The second-order valence-corrected chi connectivity index (χ2v) is 11.8. The number of Topliss-reactive ketones (excluding diaryl/α,β-unsaturated/α-hetero) is 1. The normalized spacial score (nSPS) is 30.6. The predicted molar refractivity (Wildman–Crippen MR) is 113 cm³/mol. The first-order valence-electron chi connectivity index (χ1n) is 10.7. The summed E-state index contributed by atoms with van der Waals surface area (Å²) in [5.41, 5.74) is 2.17. The van der Waals surface area contributed by atoms with Gasteiger partial charge in [-0.25, -0.2) is 8.42 Å². The first-order chi connectivity index (χ1) is 14.5. The molecule has 1 spiro atoms. The highest BCUT2D eigenvalue weighted by molar-refractivity contribution is 7.89. The van der Waals surface area contributed by atoms with Gasteiger partial charge >= 0.3 is 0 Å². The topological polar surface area (TPSA) is 109 Å². The van der Waals surface area contributed by atoms with Gasteiger partial charge in [0.1, 0.15) is 0 Å². The number of hydrogen-bond donors (Lipinski definition) is 1. The van der Waals surface area contributed by atoms with Gasteiger partial charge in [0.15, 0.2) is 16.6 Å². The number of sulfonamides is 1. The average molecular weight is 445 g/mol. The van der Waals surface area contributed by atoms with Crippen LogP contribution < -0.4 is 5.32 Å². The SMILES string of the molecule is C[C@H]1C[C@]2(CCN1S(=O)(=O)c1ccn(C)n1)C1=C(N=NC1)NC1=C2C(=O)CC(C)(C)C1. The smallest absolute Gasteiger partial charge is 0.262 e. The number of allylic oxidation sites excluding steroid dienone is 2. The average Bonchev–Trinajstić information content (AvgIpc) is 3.29. The van der Waals surface area contributed by atoms with Crippen LogP contribution in [0.5, 0.6) is 0 Å². The summed E-state index contributed by atoms with van der Waals surface area (Å²) < 4.78 is 29.5. The van der Waals surface area contributed by atoms with Crippen molar-refractivity contribution in [3.8, 4) is 0 Å². The molecule has 4 heterocycles. The van der Waals surface area contributed by atoms with E-state index in [0.717, 1.165) is 29.1 Å². The number of nitrogens with zero attached hydrogens (tertiary/aromatic N) is 5. The van der Waals surface area contributed by atoms with E-state index in [2.05, 4.69) is 34.5 Å². The van der Waals surface area contributed by atoms with Gasteiger partial charge in [0, 0.05) is 54.5 Å². The molecule has 1 fully saturated rings. The van der Waals surface area contributed by atoms with Crippen LogP contribution in [0.25, 0.3) is 0 Å². The molecule has 166 valence electrons. The van der Waals surface area contributed by atoms with Crippen molar-refractivity contribution in [2.45, 2.75) is 57.5 Å². The van der Waals surface area contributed by atoms with E-state index in [1.807, 2.05) is 6.92 Å². The number of nitrogens with one attached hydrogen (secondary N) is 1. The third-order valence-electron chi connectivity index (χ3n) is 7.04. The molecule has 0 amide bonds. The largest absolute Gasteiger partial charge is 0.342 e. The number of fused-ring (bicyclic) bond motifs is 2. The number of hydrogen-bond acceptors (Lipinski definition) is 7. The molecule has 5 rings (SSSR count). The van der Waals surface area contributed by atoms with E-state index in [-0.39, 0.29) is 22.3 Å². The minimum absolute atomic E-state index is 0.0595. The third kappa shape index (κ3) is 3.02. The highest BCUT2D eigenvalue weighted by atomic mass is 32.2. The maximum atomic E-state index is 13.4. The lowest BCUT2D eigenvalue weighted by molar-refractivity contribution is -0.119. The van der Waals surface area contributed by atoms with E-state index in [4.69, 9.17) is 0 Å². The molecule has 4 aliphatic rings. The van der Waals surface area contributed by atoms with Crippen LogP contribution in [0.3, 0.4) is 0 Å². The third-order valence-corrected chi connectivity index (χ3v) is 8.95. The van der Waals surface area contributed by atoms with Crippen molar-refractivity contribution in [2.75, 3.05) is 13.1 Å². The second kappa shape index (κ2) is 6.59. The van der Waals surface area contributed by atoms with Gasteiger partial charge in [-0.3, -0.25) is 9.48 Å². The van der Waals surface area contributed by atoms with Crippen molar-refractivity contribution in [3.63, 3.8) is 0 Å². The molecule has 0 saturated carbocycles. The number of dihydropyridines is 1. The summed E-state index contributed by atoms with van der Waals surface area (Å²) >= 11 is 0. The van der Waals surface area contributed by atoms with E-state index in [1.54, 1.807) is 13.2 Å². The maximum absolute atomic E-state index is 13.4. The van der Waals surface area contributed by atoms with Crippen molar-refractivity contribution in [1.82, 2.24) is 19.4 Å². The molecule has 0 radical (unpaired) electrons. The molecule has 1 aliphatic carbocycles. The first-order valence-corrected chi connectivity index (χ1v) is 12.1. The molecule has 31 heavy (non-hydrogen) atoms. The number of aromatic nitrogens is 2. The van der Waals surface area contributed by atoms with E-state index in [9.17, 15) is 13.2 Å². The molecule has 1 aromatic heterocycles. The number of carbonyl (C=O) groups is 1. The summed E-state index contributed by atoms with van der Waals surface area (Å²) in [6.07, 6.45) is 3.98. The van der Waals surface area contributed by atoms with Gasteiger partial charge in [0.25, 0.3) is 10.0 Å². The molecule has 2 atom stereocenters. The molecular formula is C21H28N6O3S. The Balaban J connectivity index is 1.54. The van der Waals surface area contributed by atoms with Crippen LogP contribution in [0.1, 0.15) is 46.5 Å². The van der Waals surface area contributed by atoms with Gasteiger partial charge in [-0.1, -0.05) is 13.8 Å². The van der Waals surface area contributed by atoms with Crippen LogP contribution in [-0.2, 0) is 21.9 Å². The molecule has 0 aromatic carbocycles. The number of azo groups is 1. The van der Waals surface area contributed by atoms with Crippen LogP contribution in [0.2, 0.25) is 0 Å². The molecule has 9 nitrogen and oxygen atoms in total. The van der Waals surface area contributed by atoms with Crippen LogP contribution in [-0.4, -0.2) is 47.4 Å². The fraction of sp³-hybridized carbons (Fsp3) is 0.619. The summed E-state index contributed by atoms with van der Waals surface area (Å²) in [5.74, 6) is 0.905. The highest BCUT2D eigenvalue weighted by Crippen LogP contribution is 2.56. The van der Waals surface area contributed by atoms with Crippen LogP contribution >= 0.6 is 0 Å². The minimum Gasteiger partial charge on any atom is -0.342 e. The maximum Gasteiger partial charge on any atom is 0.262 e. The first kappa shape index (κ1) is 20.6. The van der Waals surface area contributed by atoms with Gasteiger partial charge in [-0.2, -0.15) is 14.5 Å². The molecule has 1 aromatic rings. The fourth-order valence-corrected chi connectivity index (χ4v) is 7.39. The highest BCUT2D eigenvalue weighted by Gasteiger charge is 2.54. The van der Waals surface area contributed by atoms with Crippen molar-refractivity contribution < 1.29 is 13.2 Å². The zero-order valence-corrected chi connectivity index (χ0v) is 19.2. The number of aryl methyl sites for hydroxylation is 1. The number of ketones is 1. The number of piperidine rings is 1. The minimum atomic E-state index is -3.71. The van der Waals surface area contributed by atoms with Gasteiger partial charge in [0.05, 0.1) is 6.54 Å². The predicted octanol–water partition coefficient (Wildman–Crippen LogP) is 2.50. The zero-order valence-electron chi connectivity index (χ0n) is 18.3. The number of carbonyl (C=O) groups excluding carboxylic acids is 1. The molecule has 1 N–H and O–H groups in total. The fourth-order valence-electron chi connectivity index (χ4n) is 5.81. The van der Waals surface area contributed by atoms with Gasteiger partial charge < -0.3 is 5.32 Å². The Morgan fingerprint density at radius 3 is 2.71 bits per heavy atom. The Bertz CT molecular complexity index is 1180. The monoisotopic (exact) mass is 444 g/mol. The Labute approximate surface area is 182 Å². The molecule has 1 saturated heterocycles. The molecule has 0 bridgehead atoms. The molecular weight excluding hydrogens is 416 g/mol. The van der Waals surface area contributed by atoms with Crippen LogP contribution in [0.15, 0.2) is 50.2 Å². The van der Waals surface area contributed by atoms with E-state index >= 15 is 0 Å². The summed E-state index contributed by atoms with van der Waals surface area (Å²) in [6, 6.07) is 1.24. The second-order valence-electron chi connectivity index (χ2n) is 9.97. The van der Waals surface area contributed by atoms with Crippen LogP contribution in [0, 0.1) is 10.8 Å². The Hall–Kier alpha value is -2.33.